The second kappa shape index (κ2) is 4.54. The number of hydrogen-bond acceptors (Lipinski definition) is 1. The van der Waals surface area contributed by atoms with Gasteiger partial charge in [0.2, 0.25) is 0 Å². The van der Waals surface area contributed by atoms with E-state index in [0.717, 1.165) is 27.6 Å². The fourth-order valence-electron chi connectivity index (χ4n) is 1.59. The standard InChI is InChI=1S/C11H13BrClN/c12-9-5-2-6-10(11(9)13)14-7-8-3-1-4-8/h2,5-6,8,14H,1,3-4,7H2. The number of hydrogen-bond donors (Lipinski definition) is 1. The first-order valence-corrected chi connectivity index (χ1v) is 6.12. The predicted molar refractivity (Wildman–Crippen MR) is 65.0 cm³/mol. The van der Waals surface area contributed by atoms with Gasteiger partial charge < -0.3 is 5.32 Å². The minimum absolute atomic E-state index is 0.784. The van der Waals surface area contributed by atoms with Crippen LogP contribution in [0.25, 0.3) is 0 Å². The number of benzene rings is 1. The maximum atomic E-state index is 6.13. The summed E-state index contributed by atoms with van der Waals surface area (Å²) in [7, 11) is 0. The lowest BCUT2D eigenvalue weighted by Crippen LogP contribution is -2.20. The highest BCUT2D eigenvalue weighted by Crippen LogP contribution is 2.31. The monoisotopic (exact) mass is 273 g/mol. The van der Waals surface area contributed by atoms with Crippen molar-refractivity contribution >= 4 is 33.2 Å². The molecule has 0 atom stereocenters. The Morgan fingerprint density at radius 2 is 2.21 bits per heavy atom. The molecule has 76 valence electrons. The highest BCUT2D eigenvalue weighted by molar-refractivity contribution is 9.10. The van der Waals surface area contributed by atoms with Crippen LogP contribution in [0.4, 0.5) is 5.69 Å². The second-order valence-electron chi connectivity index (χ2n) is 3.78. The molecule has 1 aromatic carbocycles. The molecule has 1 aliphatic rings. The van der Waals surface area contributed by atoms with Crippen molar-refractivity contribution in [2.24, 2.45) is 5.92 Å². The summed E-state index contributed by atoms with van der Waals surface area (Å²) >= 11 is 9.54. The van der Waals surface area contributed by atoms with Gasteiger partial charge >= 0.3 is 0 Å². The molecule has 0 aliphatic heterocycles. The summed E-state index contributed by atoms with van der Waals surface area (Å²) in [6.45, 7) is 1.05. The van der Waals surface area contributed by atoms with Gasteiger partial charge in [0.15, 0.2) is 0 Å². The zero-order valence-corrected chi connectivity index (χ0v) is 10.2. The minimum Gasteiger partial charge on any atom is -0.384 e. The molecule has 1 saturated carbocycles. The lowest BCUT2D eigenvalue weighted by Gasteiger charge is -2.26. The molecule has 14 heavy (non-hydrogen) atoms. The van der Waals surface area contributed by atoms with Gasteiger partial charge in [-0.2, -0.15) is 0 Å². The number of halogens is 2. The molecule has 0 bridgehead atoms. The molecule has 0 saturated heterocycles. The summed E-state index contributed by atoms with van der Waals surface area (Å²) in [6, 6.07) is 5.97. The molecule has 1 N–H and O–H groups in total. The van der Waals surface area contributed by atoms with E-state index in [0.29, 0.717) is 0 Å². The maximum Gasteiger partial charge on any atom is 0.0779 e. The largest absolute Gasteiger partial charge is 0.384 e. The topological polar surface area (TPSA) is 12.0 Å². The highest BCUT2D eigenvalue weighted by atomic mass is 79.9. The zero-order chi connectivity index (χ0) is 9.97. The number of nitrogens with one attached hydrogen (secondary N) is 1. The molecule has 0 unspecified atom stereocenters. The summed E-state index contributed by atoms with van der Waals surface area (Å²) in [6.07, 6.45) is 4.11. The third kappa shape index (κ3) is 2.23. The molecular formula is C11H13BrClN. The van der Waals surface area contributed by atoms with Crippen LogP contribution in [0.1, 0.15) is 19.3 Å². The normalized spacial score (nSPS) is 16.4. The molecule has 0 heterocycles. The Morgan fingerprint density at radius 3 is 2.86 bits per heavy atom. The molecule has 1 fully saturated rings. The van der Waals surface area contributed by atoms with E-state index in [2.05, 4.69) is 21.2 Å². The van der Waals surface area contributed by atoms with Crippen LogP contribution in [0.15, 0.2) is 22.7 Å². The first-order chi connectivity index (χ1) is 6.77. The second-order valence-corrected chi connectivity index (χ2v) is 5.01. The lowest BCUT2D eigenvalue weighted by molar-refractivity contribution is 0.333. The summed E-state index contributed by atoms with van der Waals surface area (Å²) in [4.78, 5) is 0. The van der Waals surface area contributed by atoms with Gasteiger partial charge in [-0.05, 0) is 46.8 Å². The molecule has 1 nitrogen and oxygen atoms in total. The molecule has 1 aromatic rings. The van der Waals surface area contributed by atoms with E-state index in [1.54, 1.807) is 0 Å². The van der Waals surface area contributed by atoms with E-state index in [4.69, 9.17) is 11.6 Å². The SMILES string of the molecule is Clc1c(Br)cccc1NCC1CCC1. The zero-order valence-electron chi connectivity index (χ0n) is 7.89. The van der Waals surface area contributed by atoms with E-state index >= 15 is 0 Å². The molecule has 0 aromatic heterocycles. The predicted octanol–water partition coefficient (Wildman–Crippen LogP) is 4.31. The molecule has 0 spiro atoms. The first kappa shape index (κ1) is 10.3. The van der Waals surface area contributed by atoms with Crippen LogP contribution in [0.5, 0.6) is 0 Å². The highest BCUT2D eigenvalue weighted by Gasteiger charge is 2.17. The third-order valence-electron chi connectivity index (χ3n) is 2.76. The van der Waals surface area contributed by atoms with Crippen LogP contribution in [0.3, 0.4) is 0 Å². The summed E-state index contributed by atoms with van der Waals surface area (Å²) in [5.74, 6) is 0.852. The summed E-state index contributed by atoms with van der Waals surface area (Å²) in [5.41, 5.74) is 1.04. The molecule has 3 heteroatoms. The van der Waals surface area contributed by atoms with E-state index in [1.807, 2.05) is 18.2 Å². The van der Waals surface area contributed by atoms with Gasteiger partial charge in [0, 0.05) is 11.0 Å². The van der Waals surface area contributed by atoms with Crippen molar-refractivity contribution < 1.29 is 0 Å². The van der Waals surface area contributed by atoms with Gasteiger partial charge in [-0.25, -0.2) is 0 Å². The number of rotatable bonds is 3. The molecule has 0 radical (unpaired) electrons. The Morgan fingerprint density at radius 1 is 1.43 bits per heavy atom. The summed E-state index contributed by atoms with van der Waals surface area (Å²) in [5, 5.41) is 4.18. The Kier molecular flexibility index (Phi) is 3.34. The molecular weight excluding hydrogens is 261 g/mol. The van der Waals surface area contributed by atoms with Crippen LogP contribution in [-0.2, 0) is 0 Å². The van der Waals surface area contributed by atoms with Crippen LogP contribution in [0.2, 0.25) is 5.02 Å². The lowest BCUT2D eigenvalue weighted by atomic mass is 9.85. The van der Waals surface area contributed by atoms with Crippen molar-refractivity contribution in [3.63, 3.8) is 0 Å². The van der Waals surface area contributed by atoms with Gasteiger partial charge in [-0.15, -0.1) is 0 Å². The fourth-order valence-corrected chi connectivity index (χ4v) is 2.15. The van der Waals surface area contributed by atoms with Crippen LogP contribution >= 0.6 is 27.5 Å². The van der Waals surface area contributed by atoms with Crippen molar-refractivity contribution in [2.45, 2.75) is 19.3 Å². The first-order valence-electron chi connectivity index (χ1n) is 4.95. The third-order valence-corrected chi connectivity index (χ3v) is 4.05. The van der Waals surface area contributed by atoms with Crippen LogP contribution in [0, 0.1) is 5.92 Å². The van der Waals surface area contributed by atoms with E-state index < -0.39 is 0 Å². The van der Waals surface area contributed by atoms with Gasteiger partial charge in [0.1, 0.15) is 0 Å². The minimum atomic E-state index is 0.784. The molecule has 2 rings (SSSR count). The van der Waals surface area contributed by atoms with E-state index in [1.165, 1.54) is 19.3 Å². The molecule has 1 aliphatic carbocycles. The Bertz CT molecular complexity index is 323. The van der Waals surface area contributed by atoms with Gasteiger partial charge in [0.25, 0.3) is 0 Å². The summed E-state index contributed by atoms with van der Waals surface area (Å²) < 4.78 is 0.956. The Hall–Kier alpha value is -0.210. The van der Waals surface area contributed by atoms with Crippen molar-refractivity contribution in [3.8, 4) is 0 Å². The van der Waals surface area contributed by atoms with Crippen molar-refractivity contribution in [2.75, 3.05) is 11.9 Å². The van der Waals surface area contributed by atoms with Gasteiger partial charge in [0.05, 0.1) is 10.7 Å². The fraction of sp³-hybridized carbons (Fsp3) is 0.455. The van der Waals surface area contributed by atoms with E-state index in [-0.39, 0.29) is 0 Å². The van der Waals surface area contributed by atoms with Crippen molar-refractivity contribution in [1.82, 2.24) is 0 Å². The van der Waals surface area contributed by atoms with Crippen molar-refractivity contribution in [3.05, 3.63) is 27.7 Å². The van der Waals surface area contributed by atoms with Gasteiger partial charge in [-0.3, -0.25) is 0 Å². The Labute approximate surface area is 98.0 Å². The average Bonchev–Trinajstić information content (AvgIpc) is 2.09. The van der Waals surface area contributed by atoms with Crippen molar-refractivity contribution in [1.29, 1.82) is 0 Å². The maximum absolute atomic E-state index is 6.13. The van der Waals surface area contributed by atoms with Gasteiger partial charge in [-0.1, -0.05) is 24.1 Å². The molecule has 0 amide bonds. The number of anilines is 1. The Balaban J connectivity index is 1.97. The van der Waals surface area contributed by atoms with Crippen LogP contribution in [-0.4, -0.2) is 6.54 Å². The average molecular weight is 275 g/mol. The quantitative estimate of drug-likeness (QED) is 0.866. The van der Waals surface area contributed by atoms with E-state index in [9.17, 15) is 0 Å². The van der Waals surface area contributed by atoms with Crippen LogP contribution < -0.4 is 5.32 Å². The smallest absolute Gasteiger partial charge is 0.0779 e.